The molecule has 1 aromatic carbocycles. The minimum Gasteiger partial charge on any atom is -0.478 e. The Morgan fingerprint density at radius 1 is 1.19 bits per heavy atom. The molecule has 3 aliphatic rings. The van der Waals surface area contributed by atoms with Gasteiger partial charge in [-0.3, -0.25) is 9.59 Å². The number of hydrogen-bond acceptors (Lipinski definition) is 5. The van der Waals surface area contributed by atoms with Crippen LogP contribution in [0.2, 0.25) is 0 Å². The molecule has 2 amide bonds. The molecule has 0 unspecified atom stereocenters. The fourth-order valence-electron chi connectivity index (χ4n) is 4.82. The average molecular weight is 464 g/mol. The van der Waals surface area contributed by atoms with Gasteiger partial charge in [-0.15, -0.1) is 0 Å². The van der Waals surface area contributed by atoms with Gasteiger partial charge in [-0.1, -0.05) is 13.8 Å². The number of nitrogens with zero attached hydrogens (tertiary/aromatic N) is 2. The number of carbonyl (C=O) groups is 2. The van der Waals surface area contributed by atoms with Gasteiger partial charge in [0.15, 0.2) is 6.10 Å². The summed E-state index contributed by atoms with van der Waals surface area (Å²) in [7, 11) is -3.80. The Balaban J connectivity index is 1.54. The molecule has 176 valence electrons. The van der Waals surface area contributed by atoms with Crippen LogP contribution in [0.25, 0.3) is 0 Å². The van der Waals surface area contributed by atoms with Gasteiger partial charge in [0, 0.05) is 32.2 Å². The number of anilines is 1. The van der Waals surface area contributed by atoms with Crippen LogP contribution in [-0.4, -0.2) is 61.7 Å². The zero-order chi connectivity index (χ0) is 23.0. The molecule has 0 spiro atoms. The van der Waals surface area contributed by atoms with Gasteiger partial charge in [0.05, 0.1) is 16.5 Å². The predicted octanol–water partition coefficient (Wildman–Crippen LogP) is 2.76. The summed E-state index contributed by atoms with van der Waals surface area (Å²) >= 11 is 0. The van der Waals surface area contributed by atoms with E-state index in [1.807, 2.05) is 11.8 Å². The number of benzene rings is 1. The largest absolute Gasteiger partial charge is 0.478 e. The maximum atomic E-state index is 13.6. The topological polar surface area (TPSA) is 96.0 Å². The Morgan fingerprint density at radius 2 is 1.91 bits per heavy atom. The van der Waals surface area contributed by atoms with Crippen LogP contribution >= 0.6 is 0 Å². The Hall–Kier alpha value is -2.13. The van der Waals surface area contributed by atoms with Gasteiger partial charge in [0.1, 0.15) is 5.75 Å². The third kappa shape index (κ3) is 4.37. The van der Waals surface area contributed by atoms with E-state index < -0.39 is 16.1 Å². The number of piperidine rings is 2. The summed E-state index contributed by atoms with van der Waals surface area (Å²) in [6.45, 7) is 7.88. The summed E-state index contributed by atoms with van der Waals surface area (Å²) in [6.07, 6.45) is 3.24. The first-order chi connectivity index (χ1) is 15.2. The van der Waals surface area contributed by atoms with Crippen LogP contribution in [0.4, 0.5) is 5.69 Å². The second-order valence-corrected chi connectivity index (χ2v) is 11.2. The zero-order valence-electron chi connectivity index (χ0n) is 19.1. The number of nitrogens with one attached hydrogen (secondary N) is 1. The molecule has 0 aromatic heterocycles. The molecule has 2 atom stereocenters. The van der Waals surface area contributed by atoms with Gasteiger partial charge in [-0.2, -0.15) is 4.31 Å². The maximum Gasteiger partial charge on any atom is 0.265 e. The quantitative estimate of drug-likeness (QED) is 0.741. The number of hydrogen-bond donors (Lipinski definition) is 1. The third-order valence-corrected chi connectivity index (χ3v) is 8.92. The Bertz CT molecular complexity index is 1000. The molecule has 0 radical (unpaired) electrons. The molecule has 1 aromatic rings. The lowest BCUT2D eigenvalue weighted by Gasteiger charge is -2.37. The molecule has 8 nitrogen and oxygen atoms in total. The highest BCUT2D eigenvalue weighted by Crippen LogP contribution is 2.37. The van der Waals surface area contributed by atoms with E-state index in [0.29, 0.717) is 48.7 Å². The normalized spacial score (nSPS) is 25.1. The van der Waals surface area contributed by atoms with Crippen molar-refractivity contribution in [2.45, 2.75) is 63.9 Å². The fraction of sp³-hybridized carbons (Fsp3) is 0.652. The maximum absolute atomic E-state index is 13.6. The number of carbonyl (C=O) groups excluding carboxylic acids is 2. The fourth-order valence-corrected chi connectivity index (χ4v) is 6.57. The number of ether oxygens (including phenoxy) is 1. The molecular formula is C23H33N3O5S. The van der Waals surface area contributed by atoms with Crippen molar-refractivity contribution in [1.82, 2.24) is 9.21 Å². The number of rotatable bonds is 4. The molecule has 2 fully saturated rings. The number of fused-ring (bicyclic) bond motifs is 1. The van der Waals surface area contributed by atoms with Crippen LogP contribution in [0.1, 0.15) is 51.5 Å². The summed E-state index contributed by atoms with van der Waals surface area (Å²) < 4.78 is 34.3. The lowest BCUT2D eigenvalue weighted by atomic mass is 9.94. The molecule has 0 bridgehead atoms. The Morgan fingerprint density at radius 3 is 2.59 bits per heavy atom. The minimum atomic E-state index is -3.80. The van der Waals surface area contributed by atoms with E-state index in [2.05, 4.69) is 12.2 Å². The lowest BCUT2D eigenvalue weighted by Crippen LogP contribution is -2.48. The molecule has 32 heavy (non-hydrogen) atoms. The van der Waals surface area contributed by atoms with Crippen LogP contribution in [0, 0.1) is 18.8 Å². The smallest absolute Gasteiger partial charge is 0.265 e. The van der Waals surface area contributed by atoms with Crippen LogP contribution in [0.15, 0.2) is 17.0 Å². The van der Waals surface area contributed by atoms with E-state index in [-0.39, 0.29) is 29.2 Å². The highest BCUT2D eigenvalue weighted by atomic mass is 32.2. The van der Waals surface area contributed by atoms with Gasteiger partial charge in [0.2, 0.25) is 15.9 Å². The first-order valence-corrected chi connectivity index (χ1v) is 13.1. The van der Waals surface area contributed by atoms with Crippen molar-refractivity contribution in [3.05, 3.63) is 17.7 Å². The standard InChI is InChI=1S/C23H33N3O5S/c1-4-19-22(27)24-18-12-16(3)21(13-20(18)31-19)32(29,30)26-9-5-6-17(14-26)23(28)25-10-7-15(2)8-11-25/h12-13,15,17,19H,4-11,14H2,1-3H3,(H,24,27)/t17-,19+/m0/s1. The summed E-state index contributed by atoms with van der Waals surface area (Å²) in [5, 5.41) is 2.80. The Kier molecular flexibility index (Phi) is 6.49. The Labute approximate surface area is 190 Å². The van der Waals surface area contributed by atoms with Gasteiger partial charge < -0.3 is 15.0 Å². The summed E-state index contributed by atoms with van der Waals surface area (Å²) in [4.78, 5) is 27.2. The van der Waals surface area contributed by atoms with Gasteiger partial charge >= 0.3 is 0 Å². The average Bonchev–Trinajstić information content (AvgIpc) is 2.78. The van der Waals surface area contributed by atoms with E-state index in [1.165, 1.54) is 10.4 Å². The number of amides is 2. The monoisotopic (exact) mass is 463 g/mol. The highest BCUT2D eigenvalue weighted by molar-refractivity contribution is 7.89. The van der Waals surface area contributed by atoms with E-state index >= 15 is 0 Å². The predicted molar refractivity (Wildman–Crippen MR) is 121 cm³/mol. The van der Waals surface area contributed by atoms with E-state index in [1.54, 1.807) is 13.0 Å². The van der Waals surface area contributed by atoms with E-state index in [4.69, 9.17) is 4.74 Å². The van der Waals surface area contributed by atoms with Crippen LogP contribution in [-0.2, 0) is 19.6 Å². The van der Waals surface area contributed by atoms with Crippen molar-refractivity contribution in [1.29, 1.82) is 0 Å². The summed E-state index contributed by atoms with van der Waals surface area (Å²) in [5.41, 5.74) is 1.03. The molecule has 3 aliphatic heterocycles. The van der Waals surface area contributed by atoms with Gasteiger partial charge in [-0.05, 0) is 56.6 Å². The first-order valence-electron chi connectivity index (χ1n) is 11.6. The van der Waals surface area contributed by atoms with E-state index in [0.717, 1.165) is 25.9 Å². The summed E-state index contributed by atoms with van der Waals surface area (Å²) in [5.74, 6) is 0.557. The van der Waals surface area contributed by atoms with Crippen molar-refractivity contribution < 1.29 is 22.7 Å². The molecule has 4 rings (SSSR count). The van der Waals surface area contributed by atoms with Gasteiger partial charge in [0.25, 0.3) is 5.91 Å². The first kappa shape index (κ1) is 23.0. The molecule has 0 saturated carbocycles. The molecule has 1 N–H and O–H groups in total. The van der Waals surface area contributed by atoms with Crippen LogP contribution in [0.5, 0.6) is 5.75 Å². The third-order valence-electron chi connectivity index (χ3n) is 6.91. The van der Waals surface area contributed by atoms with Crippen LogP contribution < -0.4 is 10.1 Å². The molecule has 0 aliphatic carbocycles. The molecular weight excluding hydrogens is 430 g/mol. The van der Waals surface area contributed by atoms with Crippen molar-refractivity contribution in [3.8, 4) is 5.75 Å². The van der Waals surface area contributed by atoms with Crippen molar-refractivity contribution in [3.63, 3.8) is 0 Å². The zero-order valence-corrected chi connectivity index (χ0v) is 19.9. The minimum absolute atomic E-state index is 0.0794. The van der Waals surface area contributed by atoms with Crippen molar-refractivity contribution >= 4 is 27.5 Å². The molecule has 9 heteroatoms. The number of sulfonamides is 1. The second-order valence-electron chi connectivity index (χ2n) is 9.33. The van der Waals surface area contributed by atoms with Gasteiger partial charge in [-0.25, -0.2) is 8.42 Å². The number of aryl methyl sites for hydroxylation is 1. The van der Waals surface area contributed by atoms with Crippen molar-refractivity contribution in [2.24, 2.45) is 11.8 Å². The highest BCUT2D eigenvalue weighted by Gasteiger charge is 2.37. The summed E-state index contributed by atoms with van der Waals surface area (Å²) in [6, 6.07) is 3.16. The van der Waals surface area contributed by atoms with Crippen molar-refractivity contribution in [2.75, 3.05) is 31.5 Å². The van der Waals surface area contributed by atoms with Crippen LogP contribution in [0.3, 0.4) is 0 Å². The molecule has 3 heterocycles. The number of likely N-dealkylation sites (tertiary alicyclic amines) is 1. The second kappa shape index (κ2) is 9.02. The van der Waals surface area contributed by atoms with E-state index in [9.17, 15) is 18.0 Å². The lowest BCUT2D eigenvalue weighted by molar-refractivity contribution is -0.138. The SMILES string of the molecule is CC[C@H]1Oc2cc(S(=O)(=O)N3CCC[C@H](C(=O)N4CCC(C)CC4)C3)c(C)cc2NC1=O. The molecule has 2 saturated heterocycles.